The second-order valence-corrected chi connectivity index (χ2v) is 5.29. The molecule has 0 aliphatic rings. The van der Waals surface area contributed by atoms with Gasteiger partial charge in [-0.15, -0.1) is 11.3 Å². The number of nitro benzene ring substituents is 1. The Hall–Kier alpha value is -2.54. The van der Waals surface area contributed by atoms with E-state index in [4.69, 9.17) is 0 Å². The molecule has 0 saturated heterocycles. The zero-order valence-corrected chi connectivity index (χ0v) is 11.2. The summed E-state index contributed by atoms with van der Waals surface area (Å²) in [5.74, 6) is -0.139. The zero-order chi connectivity index (χ0) is 14.4. The maximum absolute atomic E-state index is 10.7. The molecular formula is C13H10N2O4S. The van der Waals surface area contributed by atoms with Crippen molar-refractivity contribution >= 4 is 27.1 Å². The van der Waals surface area contributed by atoms with Crippen LogP contribution in [-0.2, 0) is 0 Å². The number of aromatic hydroxyl groups is 2. The molecule has 0 atom stereocenters. The standard InChI is InChI=1S/C13H10N2O4S/c1-7-6-8(15(18)19)2-3-10(7)14-12(16)9-4-5-20-11(9)13(14)17/h2-6,16-17H,1H3. The number of hydrogen-bond donors (Lipinski definition) is 2. The Bertz CT molecular complexity index is 800. The molecule has 2 heterocycles. The lowest BCUT2D eigenvalue weighted by molar-refractivity contribution is -0.384. The maximum Gasteiger partial charge on any atom is 0.269 e. The predicted octanol–water partition coefficient (Wildman–Crippen LogP) is 3.32. The van der Waals surface area contributed by atoms with Crippen LogP contribution in [0.2, 0.25) is 0 Å². The number of nitro groups is 1. The molecule has 0 saturated carbocycles. The first-order valence-corrected chi connectivity index (χ1v) is 6.64. The molecule has 3 aromatic rings. The molecule has 102 valence electrons. The summed E-state index contributed by atoms with van der Waals surface area (Å²) in [5, 5.41) is 33.5. The highest BCUT2D eigenvalue weighted by atomic mass is 32.1. The van der Waals surface area contributed by atoms with Crippen molar-refractivity contribution in [1.82, 2.24) is 4.57 Å². The first-order valence-electron chi connectivity index (χ1n) is 5.76. The highest BCUT2D eigenvalue weighted by Gasteiger charge is 2.20. The second-order valence-electron chi connectivity index (χ2n) is 4.37. The van der Waals surface area contributed by atoms with Gasteiger partial charge in [-0.2, -0.15) is 0 Å². The number of nitrogens with zero attached hydrogens (tertiary/aromatic N) is 2. The summed E-state index contributed by atoms with van der Waals surface area (Å²) in [6.45, 7) is 1.69. The molecule has 6 nitrogen and oxygen atoms in total. The van der Waals surface area contributed by atoms with Crippen molar-refractivity contribution in [3.8, 4) is 17.4 Å². The fourth-order valence-corrected chi connectivity index (χ4v) is 3.04. The van der Waals surface area contributed by atoms with Crippen molar-refractivity contribution in [2.24, 2.45) is 0 Å². The largest absolute Gasteiger partial charge is 0.494 e. The molecule has 0 fully saturated rings. The van der Waals surface area contributed by atoms with Gasteiger partial charge < -0.3 is 10.2 Å². The highest BCUT2D eigenvalue weighted by Crippen LogP contribution is 2.42. The molecule has 1 aromatic carbocycles. The van der Waals surface area contributed by atoms with E-state index in [2.05, 4.69) is 0 Å². The summed E-state index contributed by atoms with van der Waals surface area (Å²) in [5.41, 5.74) is 1.07. The van der Waals surface area contributed by atoms with Crippen LogP contribution in [0.4, 0.5) is 5.69 Å². The van der Waals surface area contributed by atoms with Crippen LogP contribution in [0.15, 0.2) is 29.6 Å². The number of thiophene rings is 1. The minimum atomic E-state index is -0.481. The number of aromatic nitrogens is 1. The van der Waals surface area contributed by atoms with Crippen molar-refractivity contribution < 1.29 is 15.1 Å². The molecule has 0 unspecified atom stereocenters. The van der Waals surface area contributed by atoms with Gasteiger partial charge in [-0.3, -0.25) is 10.1 Å². The number of benzene rings is 1. The molecule has 0 aliphatic carbocycles. The van der Waals surface area contributed by atoms with Gasteiger partial charge in [0.05, 0.1) is 16.0 Å². The second kappa shape index (κ2) is 4.24. The Morgan fingerprint density at radius 1 is 1.25 bits per heavy atom. The van der Waals surface area contributed by atoms with E-state index in [0.29, 0.717) is 21.3 Å². The first kappa shape index (κ1) is 12.5. The fourth-order valence-electron chi connectivity index (χ4n) is 2.21. The molecule has 2 aromatic heterocycles. The smallest absolute Gasteiger partial charge is 0.269 e. The third kappa shape index (κ3) is 1.64. The van der Waals surface area contributed by atoms with Gasteiger partial charge in [0.2, 0.25) is 11.8 Å². The van der Waals surface area contributed by atoms with Gasteiger partial charge in [0.1, 0.15) is 4.70 Å². The first-order chi connectivity index (χ1) is 9.50. The van der Waals surface area contributed by atoms with Gasteiger partial charge in [-0.1, -0.05) is 0 Å². The van der Waals surface area contributed by atoms with Crippen LogP contribution in [0.1, 0.15) is 5.56 Å². The molecule has 3 rings (SSSR count). The van der Waals surface area contributed by atoms with Crippen LogP contribution < -0.4 is 0 Å². The van der Waals surface area contributed by atoms with Crippen LogP contribution in [-0.4, -0.2) is 19.7 Å². The fraction of sp³-hybridized carbons (Fsp3) is 0.0769. The van der Waals surface area contributed by atoms with Gasteiger partial charge in [0, 0.05) is 12.1 Å². The molecule has 2 N–H and O–H groups in total. The van der Waals surface area contributed by atoms with Crippen molar-refractivity contribution in [2.75, 3.05) is 0 Å². The predicted molar refractivity (Wildman–Crippen MR) is 75.9 cm³/mol. The third-order valence-electron chi connectivity index (χ3n) is 3.16. The van der Waals surface area contributed by atoms with Gasteiger partial charge in [-0.05, 0) is 30.0 Å². The normalized spacial score (nSPS) is 11.1. The van der Waals surface area contributed by atoms with E-state index in [1.807, 2.05) is 0 Å². The van der Waals surface area contributed by atoms with E-state index in [1.165, 1.54) is 34.1 Å². The Kier molecular flexibility index (Phi) is 2.65. The summed E-state index contributed by atoms with van der Waals surface area (Å²) in [4.78, 5) is 10.3. The van der Waals surface area contributed by atoms with Crippen molar-refractivity contribution in [3.05, 3.63) is 45.3 Å². The van der Waals surface area contributed by atoms with Gasteiger partial charge in [-0.25, -0.2) is 4.57 Å². The third-order valence-corrected chi connectivity index (χ3v) is 4.08. The monoisotopic (exact) mass is 290 g/mol. The number of fused-ring (bicyclic) bond motifs is 1. The Morgan fingerprint density at radius 2 is 2.00 bits per heavy atom. The van der Waals surface area contributed by atoms with E-state index in [9.17, 15) is 20.3 Å². The van der Waals surface area contributed by atoms with Crippen LogP contribution in [0, 0.1) is 17.0 Å². The molecular weight excluding hydrogens is 280 g/mol. The van der Waals surface area contributed by atoms with E-state index < -0.39 is 4.92 Å². The maximum atomic E-state index is 10.7. The van der Waals surface area contributed by atoms with Crippen molar-refractivity contribution in [2.45, 2.75) is 6.92 Å². The lowest BCUT2D eigenvalue weighted by Crippen LogP contribution is -1.97. The van der Waals surface area contributed by atoms with Crippen LogP contribution in [0.3, 0.4) is 0 Å². The topological polar surface area (TPSA) is 88.5 Å². The van der Waals surface area contributed by atoms with Gasteiger partial charge >= 0.3 is 0 Å². The number of aryl methyl sites for hydroxylation is 1. The number of hydrogen-bond acceptors (Lipinski definition) is 5. The van der Waals surface area contributed by atoms with E-state index in [0.717, 1.165) is 0 Å². The Morgan fingerprint density at radius 3 is 2.60 bits per heavy atom. The quantitative estimate of drug-likeness (QED) is 0.559. The Balaban J connectivity index is 2.25. The van der Waals surface area contributed by atoms with Crippen molar-refractivity contribution in [1.29, 1.82) is 0 Å². The zero-order valence-electron chi connectivity index (χ0n) is 10.4. The van der Waals surface area contributed by atoms with Crippen LogP contribution in [0.5, 0.6) is 11.8 Å². The summed E-state index contributed by atoms with van der Waals surface area (Å²) in [6.07, 6.45) is 0. The van der Waals surface area contributed by atoms with E-state index in [1.54, 1.807) is 18.4 Å². The van der Waals surface area contributed by atoms with Crippen molar-refractivity contribution in [3.63, 3.8) is 0 Å². The summed E-state index contributed by atoms with van der Waals surface area (Å²) in [6, 6.07) is 5.97. The lowest BCUT2D eigenvalue weighted by atomic mass is 10.2. The average molecular weight is 290 g/mol. The summed E-state index contributed by atoms with van der Waals surface area (Å²) >= 11 is 1.32. The summed E-state index contributed by atoms with van der Waals surface area (Å²) in [7, 11) is 0. The molecule has 0 spiro atoms. The van der Waals surface area contributed by atoms with Crippen LogP contribution in [0.25, 0.3) is 15.8 Å². The minimum Gasteiger partial charge on any atom is -0.494 e. The SMILES string of the molecule is Cc1cc([N+](=O)[O-])ccc1-n1c(O)c2ccsc2c1O. The molecule has 0 radical (unpaired) electrons. The molecule has 0 aliphatic heterocycles. The number of non-ortho nitro benzene ring substituents is 1. The van der Waals surface area contributed by atoms with E-state index >= 15 is 0 Å². The lowest BCUT2D eigenvalue weighted by Gasteiger charge is -2.09. The van der Waals surface area contributed by atoms with Gasteiger partial charge in [0.15, 0.2) is 0 Å². The summed E-state index contributed by atoms with van der Waals surface area (Å²) < 4.78 is 1.88. The Labute approximate surface area is 117 Å². The molecule has 0 amide bonds. The molecule has 0 bridgehead atoms. The average Bonchev–Trinajstić information content (AvgIpc) is 2.96. The highest BCUT2D eigenvalue weighted by molar-refractivity contribution is 7.17. The van der Waals surface area contributed by atoms with E-state index in [-0.39, 0.29) is 17.4 Å². The molecule has 20 heavy (non-hydrogen) atoms. The molecule has 7 heteroatoms. The minimum absolute atomic E-state index is 0.0285. The number of rotatable bonds is 2. The van der Waals surface area contributed by atoms with Gasteiger partial charge in [0.25, 0.3) is 5.69 Å². The van der Waals surface area contributed by atoms with Crippen LogP contribution >= 0.6 is 11.3 Å².